The number of hydrogen-bond acceptors (Lipinski definition) is 6. The molecule has 3 aliphatic rings. The van der Waals surface area contributed by atoms with E-state index in [1.165, 1.54) is 7.11 Å². The molecule has 1 heterocycles. The van der Waals surface area contributed by atoms with E-state index in [0.29, 0.717) is 24.2 Å². The second-order valence-electron chi connectivity index (χ2n) is 9.12. The van der Waals surface area contributed by atoms with Crippen molar-refractivity contribution >= 4 is 5.78 Å². The van der Waals surface area contributed by atoms with Gasteiger partial charge in [-0.1, -0.05) is 27.2 Å². The highest BCUT2D eigenvalue weighted by Gasteiger charge is 2.64. The summed E-state index contributed by atoms with van der Waals surface area (Å²) in [5.74, 6) is -0.0777. The number of carbonyl (C=O) groups is 1. The molecule has 0 aromatic heterocycles. The Kier molecular flexibility index (Phi) is 4.43. The van der Waals surface area contributed by atoms with Crippen LogP contribution in [0.3, 0.4) is 0 Å². The van der Waals surface area contributed by atoms with Gasteiger partial charge in [0, 0.05) is 35.5 Å². The van der Waals surface area contributed by atoms with Gasteiger partial charge in [0.15, 0.2) is 23.6 Å². The number of phenolic OH excluding ortho intramolecular Hbond substituents is 2. The Morgan fingerprint density at radius 3 is 2.50 bits per heavy atom. The molecule has 2 N–H and O–H groups in total. The van der Waals surface area contributed by atoms with E-state index in [1.54, 1.807) is 7.11 Å². The highest BCUT2D eigenvalue weighted by Crippen LogP contribution is 2.65. The average molecular weight is 390 g/mol. The minimum Gasteiger partial charge on any atom is -0.507 e. The number of ketones is 1. The topological polar surface area (TPSA) is 85.2 Å². The molecule has 6 nitrogen and oxygen atoms in total. The monoisotopic (exact) mass is 390 g/mol. The number of methoxy groups -OCH3 is 2. The summed E-state index contributed by atoms with van der Waals surface area (Å²) in [7, 11) is 3.12. The van der Waals surface area contributed by atoms with Crippen LogP contribution in [0.4, 0.5) is 0 Å². The number of phenols is 2. The van der Waals surface area contributed by atoms with Gasteiger partial charge in [-0.05, 0) is 24.7 Å². The third-order valence-electron chi connectivity index (χ3n) is 7.43. The minimum absolute atomic E-state index is 0.0210. The predicted molar refractivity (Wildman–Crippen MR) is 103 cm³/mol. The van der Waals surface area contributed by atoms with E-state index >= 15 is 0 Å². The van der Waals surface area contributed by atoms with Crippen LogP contribution in [-0.4, -0.2) is 43.1 Å². The number of fused-ring (bicyclic) bond motifs is 1. The molecule has 1 aromatic rings. The number of Topliss-reactive ketones (excluding diaryl/α,β-unsaturated/α-hetero) is 1. The Balaban J connectivity index is 2.03. The van der Waals surface area contributed by atoms with Crippen LogP contribution in [0.1, 0.15) is 73.9 Å². The lowest BCUT2D eigenvalue weighted by Gasteiger charge is -2.61. The molecule has 0 amide bonds. The van der Waals surface area contributed by atoms with E-state index in [-0.39, 0.29) is 52.1 Å². The highest BCUT2D eigenvalue weighted by molar-refractivity contribution is 6.04. The molecule has 2 fully saturated rings. The molecule has 0 radical (unpaired) electrons. The largest absolute Gasteiger partial charge is 0.507 e. The van der Waals surface area contributed by atoms with Crippen LogP contribution >= 0.6 is 0 Å². The molecule has 2 bridgehead atoms. The first kappa shape index (κ1) is 19.5. The summed E-state index contributed by atoms with van der Waals surface area (Å²) < 4.78 is 17.3. The maximum atomic E-state index is 13.3. The summed E-state index contributed by atoms with van der Waals surface area (Å²) in [6, 6.07) is 0. The van der Waals surface area contributed by atoms with Gasteiger partial charge in [-0.15, -0.1) is 0 Å². The van der Waals surface area contributed by atoms with Crippen LogP contribution in [0.15, 0.2) is 0 Å². The Hall–Kier alpha value is -1.79. The fourth-order valence-corrected chi connectivity index (χ4v) is 6.28. The van der Waals surface area contributed by atoms with Gasteiger partial charge in [0.05, 0.1) is 19.3 Å². The molecule has 4 atom stereocenters. The van der Waals surface area contributed by atoms with E-state index in [4.69, 9.17) is 14.2 Å². The summed E-state index contributed by atoms with van der Waals surface area (Å²) in [4.78, 5) is 13.3. The summed E-state index contributed by atoms with van der Waals surface area (Å²) >= 11 is 0. The van der Waals surface area contributed by atoms with Gasteiger partial charge in [0.25, 0.3) is 0 Å². The van der Waals surface area contributed by atoms with Crippen LogP contribution in [0.5, 0.6) is 17.2 Å². The molecule has 4 rings (SSSR count). The van der Waals surface area contributed by atoms with Crippen LogP contribution in [0, 0.1) is 11.3 Å². The van der Waals surface area contributed by atoms with Crippen molar-refractivity contribution in [1.29, 1.82) is 0 Å². The van der Waals surface area contributed by atoms with Gasteiger partial charge in [0.2, 0.25) is 0 Å². The number of rotatable bonds is 3. The second-order valence-corrected chi connectivity index (χ2v) is 9.12. The quantitative estimate of drug-likeness (QED) is 0.762. The first-order valence-electron chi connectivity index (χ1n) is 10.1. The standard InChI is InChI=1S/C22H30O6/c1-11(2)14-17(24)15-12(23)9-13-21(3)7-6-8-22(13,10-28-20(21)27-5)16(15)18(25)19(14)26-4/h11,13,20,24-25H,6-10H2,1-5H3/t13-,20-,21-,22+/m0/s1. The molecule has 0 spiro atoms. The number of benzene rings is 1. The van der Waals surface area contributed by atoms with Crippen LogP contribution in [0.2, 0.25) is 0 Å². The van der Waals surface area contributed by atoms with E-state index in [2.05, 4.69) is 6.92 Å². The summed E-state index contributed by atoms with van der Waals surface area (Å²) in [6.07, 6.45) is 2.57. The Bertz CT molecular complexity index is 831. The van der Waals surface area contributed by atoms with Crippen molar-refractivity contribution in [2.24, 2.45) is 11.3 Å². The Morgan fingerprint density at radius 2 is 1.89 bits per heavy atom. The van der Waals surface area contributed by atoms with Gasteiger partial charge >= 0.3 is 0 Å². The minimum atomic E-state index is -0.532. The SMILES string of the molecule is COc1c(O)c2c(c(O)c1C(C)C)C(=O)C[C@@H]1[C@]23CCC[C@]1(C)[C@@H](OC)OC3. The van der Waals surface area contributed by atoms with Crippen molar-refractivity contribution in [3.05, 3.63) is 16.7 Å². The number of carbonyl (C=O) groups excluding carboxylic acids is 1. The summed E-state index contributed by atoms with van der Waals surface area (Å²) in [5, 5.41) is 22.4. The van der Waals surface area contributed by atoms with E-state index in [1.807, 2.05) is 13.8 Å². The summed E-state index contributed by atoms with van der Waals surface area (Å²) in [5.41, 5.74) is 0.377. The van der Waals surface area contributed by atoms with E-state index < -0.39 is 5.41 Å². The lowest BCUT2D eigenvalue weighted by Crippen LogP contribution is -2.63. The number of ether oxygens (including phenoxy) is 3. The molecule has 154 valence electrons. The number of aromatic hydroxyl groups is 2. The fourth-order valence-electron chi connectivity index (χ4n) is 6.28. The number of hydrogen-bond donors (Lipinski definition) is 2. The van der Waals surface area contributed by atoms with E-state index in [0.717, 1.165) is 19.3 Å². The third-order valence-corrected chi connectivity index (χ3v) is 7.43. The normalized spacial score (nSPS) is 34.1. The first-order valence-corrected chi connectivity index (χ1v) is 10.1. The smallest absolute Gasteiger partial charge is 0.167 e. The van der Waals surface area contributed by atoms with Gasteiger partial charge in [-0.2, -0.15) is 0 Å². The van der Waals surface area contributed by atoms with Crippen LogP contribution in [0.25, 0.3) is 0 Å². The average Bonchev–Trinajstić information content (AvgIpc) is 2.63. The van der Waals surface area contributed by atoms with Crippen molar-refractivity contribution in [2.75, 3.05) is 20.8 Å². The van der Waals surface area contributed by atoms with E-state index in [9.17, 15) is 15.0 Å². The van der Waals surface area contributed by atoms with Crippen LogP contribution < -0.4 is 4.74 Å². The molecule has 2 aliphatic carbocycles. The van der Waals surface area contributed by atoms with Gasteiger partial charge < -0.3 is 24.4 Å². The maximum absolute atomic E-state index is 13.3. The molecule has 1 saturated heterocycles. The van der Waals surface area contributed by atoms with Gasteiger partial charge in [0.1, 0.15) is 5.75 Å². The molecule has 1 aliphatic heterocycles. The summed E-state index contributed by atoms with van der Waals surface area (Å²) in [6.45, 7) is 6.28. The maximum Gasteiger partial charge on any atom is 0.167 e. The molecule has 0 unspecified atom stereocenters. The zero-order valence-corrected chi connectivity index (χ0v) is 17.3. The lowest BCUT2D eigenvalue weighted by atomic mass is 9.47. The molecule has 1 aromatic carbocycles. The Morgan fingerprint density at radius 1 is 1.18 bits per heavy atom. The highest BCUT2D eigenvalue weighted by atomic mass is 16.7. The molecule has 28 heavy (non-hydrogen) atoms. The lowest BCUT2D eigenvalue weighted by molar-refractivity contribution is -0.274. The van der Waals surface area contributed by atoms with Crippen molar-refractivity contribution in [3.8, 4) is 17.2 Å². The second kappa shape index (κ2) is 6.36. The van der Waals surface area contributed by atoms with Gasteiger partial charge in [-0.25, -0.2) is 0 Å². The third kappa shape index (κ3) is 2.25. The molecular weight excluding hydrogens is 360 g/mol. The Labute approximate surface area is 165 Å². The van der Waals surface area contributed by atoms with Crippen molar-refractivity contribution in [2.45, 2.75) is 64.1 Å². The molecular formula is C22H30O6. The van der Waals surface area contributed by atoms with Crippen LogP contribution in [-0.2, 0) is 14.9 Å². The van der Waals surface area contributed by atoms with Crippen molar-refractivity contribution in [3.63, 3.8) is 0 Å². The molecule has 6 heteroatoms. The predicted octanol–water partition coefficient (Wildman–Crippen LogP) is 3.86. The molecule has 1 saturated carbocycles. The zero-order valence-electron chi connectivity index (χ0n) is 17.3. The fraction of sp³-hybridized carbons (Fsp3) is 0.682. The first-order chi connectivity index (χ1) is 13.2. The van der Waals surface area contributed by atoms with Gasteiger partial charge in [-0.3, -0.25) is 4.79 Å². The van der Waals surface area contributed by atoms with Crippen molar-refractivity contribution < 1.29 is 29.2 Å². The zero-order chi connectivity index (χ0) is 20.4. The van der Waals surface area contributed by atoms with Crippen molar-refractivity contribution in [1.82, 2.24) is 0 Å².